The summed E-state index contributed by atoms with van der Waals surface area (Å²) >= 11 is 0.810. The molecule has 0 saturated heterocycles. The summed E-state index contributed by atoms with van der Waals surface area (Å²) in [6.45, 7) is 5.05. The summed E-state index contributed by atoms with van der Waals surface area (Å²) < 4.78 is 8.51. The molecule has 0 saturated carbocycles. The maximum absolute atomic E-state index is 11.2. The number of hydrogen-bond acceptors (Lipinski definition) is 5. The number of rotatable bonds is 4. The zero-order chi connectivity index (χ0) is 12.1. The Morgan fingerprint density at radius 3 is 2.94 bits per heavy atom. The van der Waals surface area contributed by atoms with Crippen molar-refractivity contribution >= 4 is 29.3 Å². The Labute approximate surface area is 95.7 Å². The summed E-state index contributed by atoms with van der Waals surface area (Å²) in [6, 6.07) is 0. The Kier molecular flexibility index (Phi) is 4.01. The van der Waals surface area contributed by atoms with Crippen LogP contribution < -0.4 is 5.32 Å². The third-order valence-corrected chi connectivity index (χ3v) is 2.54. The van der Waals surface area contributed by atoms with Gasteiger partial charge in [-0.15, -0.1) is 0 Å². The second-order valence-electron chi connectivity index (χ2n) is 2.79. The highest BCUT2D eigenvalue weighted by molar-refractivity contribution is 7.08. The molecule has 1 heterocycles. The molecule has 1 amide bonds. The quantitative estimate of drug-likeness (QED) is 0.787. The van der Waals surface area contributed by atoms with E-state index in [1.807, 2.05) is 0 Å². The van der Waals surface area contributed by atoms with Crippen LogP contribution in [0.1, 0.15) is 15.4 Å². The zero-order valence-electron chi connectivity index (χ0n) is 8.52. The molecule has 0 spiro atoms. The molecule has 0 atom stereocenters. The third kappa shape index (κ3) is 2.80. The number of nitrogens with zero attached hydrogens (tertiary/aromatic N) is 1. The van der Waals surface area contributed by atoms with Gasteiger partial charge < -0.3 is 9.84 Å². The first-order valence-electron chi connectivity index (χ1n) is 4.30. The number of carboxylic acid groups (broad SMARTS) is 1. The molecule has 0 aliphatic heterocycles. The van der Waals surface area contributed by atoms with E-state index < -0.39 is 12.1 Å². The van der Waals surface area contributed by atoms with E-state index in [2.05, 4.69) is 21.0 Å². The largest absolute Gasteiger partial charge is 0.477 e. The lowest BCUT2D eigenvalue weighted by Crippen LogP contribution is -2.15. The van der Waals surface area contributed by atoms with Crippen LogP contribution in [0.25, 0.3) is 0 Å². The van der Waals surface area contributed by atoms with Gasteiger partial charge in [-0.25, -0.2) is 9.59 Å². The van der Waals surface area contributed by atoms with E-state index in [4.69, 9.17) is 5.11 Å². The van der Waals surface area contributed by atoms with Crippen LogP contribution in [-0.4, -0.2) is 28.1 Å². The molecule has 6 nitrogen and oxygen atoms in total. The predicted molar refractivity (Wildman–Crippen MR) is 59.0 cm³/mol. The van der Waals surface area contributed by atoms with E-state index in [1.165, 1.54) is 6.08 Å². The SMILES string of the molecule is C=CCOC(=O)Nc1c(C)nsc1C(=O)O. The minimum atomic E-state index is -1.13. The summed E-state index contributed by atoms with van der Waals surface area (Å²) in [5, 5.41) is 11.2. The van der Waals surface area contributed by atoms with Crippen molar-refractivity contribution in [1.29, 1.82) is 0 Å². The predicted octanol–water partition coefficient (Wildman–Crippen LogP) is 1.88. The van der Waals surface area contributed by atoms with Crippen LogP contribution >= 0.6 is 11.5 Å². The molecule has 0 bridgehead atoms. The molecule has 1 aromatic heterocycles. The molecule has 0 fully saturated rings. The first-order chi connectivity index (χ1) is 7.56. The number of anilines is 1. The molecular weight excluding hydrogens is 232 g/mol. The van der Waals surface area contributed by atoms with E-state index in [-0.39, 0.29) is 17.2 Å². The average molecular weight is 242 g/mol. The van der Waals surface area contributed by atoms with Gasteiger partial charge in [0, 0.05) is 0 Å². The molecular formula is C9H10N2O4S. The molecule has 16 heavy (non-hydrogen) atoms. The average Bonchev–Trinajstić information content (AvgIpc) is 2.58. The number of carbonyl (C=O) groups excluding carboxylic acids is 1. The number of ether oxygens (including phenoxy) is 1. The summed E-state index contributed by atoms with van der Waals surface area (Å²) in [7, 11) is 0. The standard InChI is InChI=1S/C9H10N2O4S/c1-3-4-15-9(14)10-6-5(2)11-16-7(6)8(12)13/h3H,1,4H2,2H3,(H,10,14)(H,12,13). The van der Waals surface area contributed by atoms with Crippen molar-refractivity contribution in [3.8, 4) is 0 Å². The van der Waals surface area contributed by atoms with Crippen LogP contribution in [0.15, 0.2) is 12.7 Å². The molecule has 1 rings (SSSR count). The maximum atomic E-state index is 11.2. The van der Waals surface area contributed by atoms with Crippen LogP contribution in [0.4, 0.5) is 10.5 Å². The molecule has 0 aliphatic rings. The Balaban J connectivity index is 2.79. The number of aromatic carboxylic acids is 1. The summed E-state index contributed by atoms with van der Waals surface area (Å²) in [4.78, 5) is 22.0. The molecule has 0 aliphatic carbocycles. The number of hydrogen-bond donors (Lipinski definition) is 2. The molecule has 86 valence electrons. The fourth-order valence-electron chi connectivity index (χ4n) is 0.936. The number of carboxylic acids is 1. The van der Waals surface area contributed by atoms with Gasteiger partial charge in [-0.05, 0) is 18.5 Å². The van der Waals surface area contributed by atoms with Crippen molar-refractivity contribution in [2.75, 3.05) is 11.9 Å². The Hall–Kier alpha value is -1.89. The van der Waals surface area contributed by atoms with Gasteiger partial charge in [0.1, 0.15) is 6.61 Å². The second kappa shape index (κ2) is 5.26. The van der Waals surface area contributed by atoms with Gasteiger partial charge in [0.15, 0.2) is 4.88 Å². The third-order valence-electron chi connectivity index (χ3n) is 1.62. The highest BCUT2D eigenvalue weighted by Crippen LogP contribution is 2.24. The van der Waals surface area contributed by atoms with Crippen LogP contribution in [-0.2, 0) is 4.74 Å². The highest BCUT2D eigenvalue weighted by atomic mass is 32.1. The lowest BCUT2D eigenvalue weighted by Gasteiger charge is -2.04. The fraction of sp³-hybridized carbons (Fsp3) is 0.222. The Morgan fingerprint density at radius 1 is 1.69 bits per heavy atom. The normalized spacial score (nSPS) is 9.56. The smallest absolute Gasteiger partial charge is 0.412 e. The summed E-state index contributed by atoms with van der Waals surface area (Å²) in [5.41, 5.74) is 0.615. The molecule has 0 aromatic carbocycles. The first-order valence-corrected chi connectivity index (χ1v) is 5.07. The van der Waals surface area contributed by atoms with Crippen molar-refractivity contribution in [3.63, 3.8) is 0 Å². The molecule has 7 heteroatoms. The van der Waals surface area contributed by atoms with E-state index >= 15 is 0 Å². The van der Waals surface area contributed by atoms with Crippen LogP contribution in [0.2, 0.25) is 0 Å². The topological polar surface area (TPSA) is 88.5 Å². The fourth-order valence-corrected chi connectivity index (χ4v) is 1.62. The molecule has 0 radical (unpaired) electrons. The number of carbonyl (C=O) groups is 2. The van der Waals surface area contributed by atoms with Crippen molar-refractivity contribution in [3.05, 3.63) is 23.2 Å². The Bertz CT molecular complexity index is 427. The minimum Gasteiger partial charge on any atom is -0.477 e. The summed E-state index contributed by atoms with van der Waals surface area (Å²) in [5.74, 6) is -1.13. The van der Waals surface area contributed by atoms with E-state index in [0.717, 1.165) is 11.5 Å². The van der Waals surface area contributed by atoms with E-state index in [0.29, 0.717) is 5.69 Å². The van der Waals surface area contributed by atoms with E-state index in [9.17, 15) is 9.59 Å². The van der Waals surface area contributed by atoms with Gasteiger partial charge >= 0.3 is 12.1 Å². The minimum absolute atomic E-state index is 0.0203. The molecule has 0 unspecified atom stereocenters. The lowest BCUT2D eigenvalue weighted by molar-refractivity contribution is 0.0703. The first kappa shape index (κ1) is 12.2. The number of nitrogens with one attached hydrogen (secondary N) is 1. The number of aryl methyl sites for hydroxylation is 1. The van der Waals surface area contributed by atoms with Gasteiger partial charge in [0.2, 0.25) is 0 Å². The zero-order valence-corrected chi connectivity index (χ0v) is 9.34. The van der Waals surface area contributed by atoms with Crippen LogP contribution in [0.5, 0.6) is 0 Å². The van der Waals surface area contributed by atoms with Gasteiger partial charge in [-0.1, -0.05) is 12.7 Å². The van der Waals surface area contributed by atoms with Crippen molar-refractivity contribution in [1.82, 2.24) is 4.37 Å². The van der Waals surface area contributed by atoms with E-state index in [1.54, 1.807) is 6.92 Å². The Morgan fingerprint density at radius 2 is 2.38 bits per heavy atom. The molecule has 1 aromatic rings. The van der Waals surface area contributed by atoms with Gasteiger partial charge in [0.25, 0.3) is 0 Å². The molecule has 2 N–H and O–H groups in total. The number of amides is 1. The van der Waals surface area contributed by atoms with Crippen molar-refractivity contribution in [2.45, 2.75) is 6.92 Å². The summed E-state index contributed by atoms with van der Waals surface area (Å²) in [6.07, 6.45) is 0.682. The monoisotopic (exact) mass is 242 g/mol. The lowest BCUT2D eigenvalue weighted by atomic mass is 10.3. The maximum Gasteiger partial charge on any atom is 0.412 e. The van der Waals surface area contributed by atoms with Gasteiger partial charge in [-0.3, -0.25) is 5.32 Å². The van der Waals surface area contributed by atoms with Crippen LogP contribution in [0.3, 0.4) is 0 Å². The van der Waals surface area contributed by atoms with Crippen molar-refractivity contribution in [2.24, 2.45) is 0 Å². The van der Waals surface area contributed by atoms with Gasteiger partial charge in [0.05, 0.1) is 11.4 Å². The van der Waals surface area contributed by atoms with Gasteiger partial charge in [-0.2, -0.15) is 4.37 Å². The second-order valence-corrected chi connectivity index (χ2v) is 3.56. The highest BCUT2D eigenvalue weighted by Gasteiger charge is 2.19. The number of aromatic nitrogens is 1. The van der Waals surface area contributed by atoms with Crippen molar-refractivity contribution < 1.29 is 19.4 Å². The van der Waals surface area contributed by atoms with Crippen LogP contribution in [0, 0.1) is 6.92 Å².